The number of rotatable bonds is 6. The first-order valence-electron chi connectivity index (χ1n) is 7.64. The second-order valence-corrected chi connectivity index (χ2v) is 6.32. The van der Waals surface area contributed by atoms with E-state index in [-0.39, 0.29) is 36.7 Å². The van der Waals surface area contributed by atoms with Crippen molar-refractivity contribution in [3.05, 3.63) is 34.3 Å². The van der Waals surface area contributed by atoms with Crippen LogP contribution in [0.1, 0.15) is 12.0 Å². The smallest absolute Gasteiger partial charge is 0.239 e. The molecule has 1 atom stereocenters. The van der Waals surface area contributed by atoms with Crippen LogP contribution in [0, 0.1) is 0 Å². The Labute approximate surface area is 156 Å². The summed E-state index contributed by atoms with van der Waals surface area (Å²) < 4.78 is 6.23. The molecule has 0 spiro atoms. The van der Waals surface area contributed by atoms with Gasteiger partial charge in [0.25, 0.3) is 0 Å². The molecule has 2 N–H and O–H groups in total. The normalized spacial score (nSPS) is 16.8. The Balaban J connectivity index is 0.00000288. The van der Waals surface area contributed by atoms with Crippen LogP contribution in [0.3, 0.4) is 0 Å². The number of halogens is 2. The Morgan fingerprint density at radius 1 is 1.42 bits per heavy atom. The third kappa shape index (κ3) is 6.39. The predicted octanol–water partition coefficient (Wildman–Crippen LogP) is 1.32. The van der Waals surface area contributed by atoms with Crippen molar-refractivity contribution in [2.75, 3.05) is 33.4 Å². The minimum absolute atomic E-state index is 0. The molecule has 2 rings (SSSR count). The van der Waals surface area contributed by atoms with Gasteiger partial charge in [0.1, 0.15) is 6.04 Å². The van der Waals surface area contributed by atoms with Gasteiger partial charge < -0.3 is 20.3 Å². The highest BCUT2D eigenvalue weighted by Gasteiger charge is 2.21. The fourth-order valence-corrected chi connectivity index (χ4v) is 2.72. The summed E-state index contributed by atoms with van der Waals surface area (Å²) in [6.07, 6.45) is 0.278. The standard InChI is InChI=1S/C16H22BrN3O3.ClH/c1-20(10-12-4-2-3-5-13(12)17)15(21)6-7-19-16(22)14-11-23-9-8-18-14;/h2-5,14,18H,6-11H2,1H3,(H,19,22);1H. The zero-order chi connectivity index (χ0) is 16.7. The van der Waals surface area contributed by atoms with E-state index in [4.69, 9.17) is 4.74 Å². The van der Waals surface area contributed by atoms with Crippen molar-refractivity contribution in [2.24, 2.45) is 0 Å². The second-order valence-electron chi connectivity index (χ2n) is 5.46. The fraction of sp³-hybridized carbons (Fsp3) is 0.500. The highest BCUT2D eigenvalue weighted by atomic mass is 79.9. The lowest BCUT2D eigenvalue weighted by molar-refractivity contribution is -0.130. The summed E-state index contributed by atoms with van der Waals surface area (Å²) in [4.78, 5) is 25.7. The van der Waals surface area contributed by atoms with Gasteiger partial charge in [-0.2, -0.15) is 0 Å². The quantitative estimate of drug-likeness (QED) is 0.728. The van der Waals surface area contributed by atoms with E-state index in [1.165, 1.54) is 0 Å². The average Bonchev–Trinajstić information content (AvgIpc) is 2.57. The van der Waals surface area contributed by atoms with Gasteiger partial charge in [0.2, 0.25) is 11.8 Å². The largest absolute Gasteiger partial charge is 0.378 e. The molecule has 1 aliphatic rings. The van der Waals surface area contributed by atoms with Crippen LogP contribution in [0.5, 0.6) is 0 Å². The van der Waals surface area contributed by atoms with Crippen LogP contribution in [0.4, 0.5) is 0 Å². The molecule has 1 heterocycles. The SMILES string of the molecule is CN(Cc1ccccc1Br)C(=O)CCNC(=O)C1COCCN1.Cl. The van der Waals surface area contributed by atoms with Crippen LogP contribution in [-0.2, 0) is 20.9 Å². The highest BCUT2D eigenvalue weighted by molar-refractivity contribution is 9.10. The first kappa shape index (κ1) is 20.9. The van der Waals surface area contributed by atoms with Gasteiger partial charge in [-0.15, -0.1) is 12.4 Å². The summed E-state index contributed by atoms with van der Waals surface area (Å²) in [7, 11) is 1.76. The summed E-state index contributed by atoms with van der Waals surface area (Å²) in [5.41, 5.74) is 1.05. The van der Waals surface area contributed by atoms with Crippen molar-refractivity contribution in [2.45, 2.75) is 19.0 Å². The first-order valence-corrected chi connectivity index (χ1v) is 8.43. The van der Waals surface area contributed by atoms with Crippen molar-refractivity contribution in [1.29, 1.82) is 0 Å². The maximum atomic E-state index is 12.1. The molecule has 1 unspecified atom stereocenters. The summed E-state index contributed by atoms with van der Waals surface area (Å²) in [5, 5.41) is 5.86. The lowest BCUT2D eigenvalue weighted by atomic mass is 10.2. The number of ether oxygens (including phenoxy) is 1. The maximum absolute atomic E-state index is 12.1. The number of nitrogens with zero attached hydrogens (tertiary/aromatic N) is 1. The predicted molar refractivity (Wildman–Crippen MR) is 98.1 cm³/mol. The van der Waals surface area contributed by atoms with Gasteiger partial charge >= 0.3 is 0 Å². The zero-order valence-corrected chi connectivity index (χ0v) is 16.0. The van der Waals surface area contributed by atoms with Crippen LogP contribution in [-0.4, -0.2) is 56.1 Å². The summed E-state index contributed by atoms with van der Waals surface area (Å²) in [6.45, 7) is 2.54. The van der Waals surface area contributed by atoms with E-state index >= 15 is 0 Å². The molecule has 134 valence electrons. The molecule has 0 bridgehead atoms. The number of nitrogens with one attached hydrogen (secondary N) is 2. The van der Waals surface area contributed by atoms with Crippen molar-refractivity contribution in [3.63, 3.8) is 0 Å². The van der Waals surface area contributed by atoms with Crippen LogP contribution >= 0.6 is 28.3 Å². The molecule has 6 nitrogen and oxygen atoms in total. The number of amides is 2. The van der Waals surface area contributed by atoms with Crippen LogP contribution in [0.15, 0.2) is 28.7 Å². The van der Waals surface area contributed by atoms with E-state index in [1.54, 1.807) is 11.9 Å². The number of carbonyl (C=O) groups excluding carboxylic acids is 2. The highest BCUT2D eigenvalue weighted by Crippen LogP contribution is 2.17. The number of hydrogen-bond acceptors (Lipinski definition) is 4. The summed E-state index contributed by atoms with van der Waals surface area (Å²) in [5.74, 6) is -0.125. The van der Waals surface area contributed by atoms with Gasteiger partial charge in [-0.25, -0.2) is 0 Å². The van der Waals surface area contributed by atoms with Gasteiger partial charge in [-0.1, -0.05) is 34.1 Å². The van der Waals surface area contributed by atoms with Gasteiger partial charge in [-0.3, -0.25) is 9.59 Å². The van der Waals surface area contributed by atoms with Crippen molar-refractivity contribution in [3.8, 4) is 0 Å². The molecular weight excluding hydrogens is 398 g/mol. The van der Waals surface area contributed by atoms with E-state index in [0.29, 0.717) is 32.8 Å². The van der Waals surface area contributed by atoms with Gasteiger partial charge in [0, 0.05) is 37.6 Å². The molecule has 0 aromatic heterocycles. The summed E-state index contributed by atoms with van der Waals surface area (Å²) >= 11 is 3.48. The lowest BCUT2D eigenvalue weighted by Crippen LogP contribution is -2.51. The molecule has 1 saturated heterocycles. The topological polar surface area (TPSA) is 70.7 Å². The third-order valence-electron chi connectivity index (χ3n) is 3.67. The summed E-state index contributed by atoms with van der Waals surface area (Å²) in [6, 6.07) is 7.49. The van der Waals surface area contributed by atoms with E-state index in [2.05, 4.69) is 26.6 Å². The van der Waals surface area contributed by atoms with Crippen molar-refractivity contribution >= 4 is 40.2 Å². The Bertz CT molecular complexity index is 553. The molecule has 1 aromatic rings. The van der Waals surface area contributed by atoms with E-state index < -0.39 is 0 Å². The molecule has 0 radical (unpaired) electrons. The molecule has 0 saturated carbocycles. The molecule has 0 aliphatic carbocycles. The first-order chi connectivity index (χ1) is 11.1. The van der Waals surface area contributed by atoms with Crippen molar-refractivity contribution < 1.29 is 14.3 Å². The average molecular weight is 421 g/mol. The van der Waals surface area contributed by atoms with Gasteiger partial charge in [-0.05, 0) is 11.6 Å². The Hall–Kier alpha value is -1.15. The van der Waals surface area contributed by atoms with Gasteiger partial charge in [0.15, 0.2) is 0 Å². The Morgan fingerprint density at radius 3 is 2.83 bits per heavy atom. The zero-order valence-electron chi connectivity index (χ0n) is 13.6. The van der Waals surface area contributed by atoms with E-state index in [9.17, 15) is 9.59 Å². The van der Waals surface area contributed by atoms with E-state index in [0.717, 1.165) is 10.0 Å². The second kappa shape index (κ2) is 10.7. The Morgan fingerprint density at radius 2 is 2.17 bits per heavy atom. The molecule has 1 fully saturated rings. The van der Waals surface area contributed by atoms with Crippen molar-refractivity contribution in [1.82, 2.24) is 15.5 Å². The maximum Gasteiger partial charge on any atom is 0.239 e. The molecule has 1 aliphatic heterocycles. The van der Waals surface area contributed by atoms with Crippen LogP contribution in [0.25, 0.3) is 0 Å². The van der Waals surface area contributed by atoms with Gasteiger partial charge in [0.05, 0.1) is 13.2 Å². The minimum atomic E-state index is -0.322. The number of morpholine rings is 1. The molecular formula is C16H23BrClN3O3. The van der Waals surface area contributed by atoms with E-state index in [1.807, 2.05) is 24.3 Å². The number of benzene rings is 1. The Kier molecular flexibility index (Phi) is 9.28. The fourth-order valence-electron chi connectivity index (χ4n) is 2.31. The lowest BCUT2D eigenvalue weighted by Gasteiger charge is -2.23. The monoisotopic (exact) mass is 419 g/mol. The minimum Gasteiger partial charge on any atom is -0.378 e. The molecule has 8 heteroatoms. The third-order valence-corrected chi connectivity index (χ3v) is 4.44. The molecule has 2 amide bonds. The van der Waals surface area contributed by atoms with Crippen LogP contribution in [0.2, 0.25) is 0 Å². The number of hydrogen-bond donors (Lipinski definition) is 2. The molecule has 1 aromatic carbocycles. The van der Waals surface area contributed by atoms with Crippen LogP contribution < -0.4 is 10.6 Å². The molecule has 24 heavy (non-hydrogen) atoms. The number of carbonyl (C=O) groups is 2.